The van der Waals surface area contributed by atoms with Gasteiger partial charge in [-0.05, 0) is 35.9 Å². The number of ether oxygens (including phenoxy) is 1. The average molecular weight is 323 g/mol. The highest BCUT2D eigenvalue weighted by Gasteiger charge is 2.06. The number of aliphatic hydroxyl groups is 2. The van der Waals surface area contributed by atoms with Crippen molar-refractivity contribution in [3.63, 3.8) is 0 Å². The van der Waals surface area contributed by atoms with Crippen LogP contribution in [0, 0.1) is 0 Å². The largest absolute Gasteiger partial charge is 0.488 e. The van der Waals surface area contributed by atoms with E-state index in [1.54, 1.807) is 30.3 Å². The van der Waals surface area contributed by atoms with Crippen molar-refractivity contribution in [2.75, 3.05) is 6.61 Å². The molecular weight excluding hydrogens is 306 g/mol. The van der Waals surface area contributed by atoms with Crippen LogP contribution in [0.3, 0.4) is 0 Å². The third-order valence-corrected chi connectivity index (χ3v) is 3.55. The van der Waals surface area contributed by atoms with E-state index in [4.69, 9.17) is 14.9 Å². The predicted molar refractivity (Wildman–Crippen MR) is 91.8 cm³/mol. The number of carbonyl (C=O) groups excluding carboxylic acids is 1. The number of aliphatic hydroxyl groups excluding tert-OH is 1. The summed E-state index contributed by atoms with van der Waals surface area (Å²) in [6.45, 7) is -0.247. The standard InChI is InChI=1S/C19H17NO4/c21-18(13-4-3-5-15(10-13)24-12-19(22)23)9-8-14-11-20-17-7-2-1-6-16(14)17/h1-11,19-20,22-23H,12H2/b9-8+. The Morgan fingerprint density at radius 1 is 1.17 bits per heavy atom. The van der Waals surface area contributed by atoms with Crippen molar-refractivity contribution in [3.8, 4) is 5.75 Å². The molecule has 0 saturated heterocycles. The van der Waals surface area contributed by atoms with Gasteiger partial charge in [0.05, 0.1) is 0 Å². The number of carbonyl (C=O) groups is 1. The summed E-state index contributed by atoms with van der Waals surface area (Å²) in [5.41, 5.74) is 2.42. The molecule has 3 N–H and O–H groups in total. The third-order valence-electron chi connectivity index (χ3n) is 3.55. The van der Waals surface area contributed by atoms with Crippen LogP contribution in [0.25, 0.3) is 17.0 Å². The molecule has 0 radical (unpaired) electrons. The molecule has 1 heterocycles. The molecule has 0 atom stereocenters. The Labute approximate surface area is 138 Å². The Balaban J connectivity index is 1.76. The van der Waals surface area contributed by atoms with Crippen LogP contribution >= 0.6 is 0 Å². The lowest BCUT2D eigenvalue weighted by Crippen LogP contribution is -2.16. The van der Waals surface area contributed by atoms with Gasteiger partial charge >= 0.3 is 0 Å². The van der Waals surface area contributed by atoms with Gasteiger partial charge in [0.1, 0.15) is 12.4 Å². The first-order valence-corrected chi connectivity index (χ1v) is 7.51. The lowest BCUT2D eigenvalue weighted by molar-refractivity contribution is -0.0680. The number of H-pyrrole nitrogens is 1. The Morgan fingerprint density at radius 3 is 2.83 bits per heavy atom. The van der Waals surface area contributed by atoms with E-state index in [9.17, 15) is 4.79 Å². The zero-order chi connectivity index (χ0) is 16.9. The molecular formula is C19H17NO4. The van der Waals surface area contributed by atoms with Gasteiger partial charge in [-0.3, -0.25) is 4.79 Å². The van der Waals surface area contributed by atoms with Gasteiger partial charge in [0.15, 0.2) is 12.1 Å². The summed E-state index contributed by atoms with van der Waals surface area (Å²) in [4.78, 5) is 15.5. The number of hydrogen-bond acceptors (Lipinski definition) is 4. The smallest absolute Gasteiger partial charge is 0.186 e. The molecule has 24 heavy (non-hydrogen) atoms. The van der Waals surface area contributed by atoms with Gasteiger partial charge in [-0.2, -0.15) is 0 Å². The van der Waals surface area contributed by atoms with E-state index in [-0.39, 0.29) is 12.4 Å². The minimum Gasteiger partial charge on any atom is -0.488 e. The molecule has 0 saturated carbocycles. The van der Waals surface area contributed by atoms with Crippen molar-refractivity contribution in [1.82, 2.24) is 4.98 Å². The van der Waals surface area contributed by atoms with E-state index >= 15 is 0 Å². The highest BCUT2D eigenvalue weighted by Crippen LogP contribution is 2.20. The molecule has 1 aromatic heterocycles. The van der Waals surface area contributed by atoms with E-state index in [1.807, 2.05) is 30.5 Å². The molecule has 0 aliphatic carbocycles. The highest BCUT2D eigenvalue weighted by molar-refractivity contribution is 6.08. The van der Waals surface area contributed by atoms with Gasteiger partial charge in [0.2, 0.25) is 0 Å². The van der Waals surface area contributed by atoms with Crippen molar-refractivity contribution in [1.29, 1.82) is 0 Å². The summed E-state index contributed by atoms with van der Waals surface area (Å²) in [5, 5.41) is 18.7. The van der Waals surface area contributed by atoms with Crippen LogP contribution in [-0.4, -0.2) is 33.9 Å². The summed E-state index contributed by atoms with van der Waals surface area (Å²) in [6.07, 6.45) is 3.59. The number of aromatic amines is 1. The van der Waals surface area contributed by atoms with Gasteiger partial charge in [0.25, 0.3) is 0 Å². The SMILES string of the molecule is O=C(/C=C/c1c[nH]c2ccccc12)c1cccc(OCC(O)O)c1. The van der Waals surface area contributed by atoms with Crippen LogP contribution in [0.5, 0.6) is 5.75 Å². The van der Waals surface area contributed by atoms with Gasteiger partial charge in [-0.1, -0.05) is 30.3 Å². The fourth-order valence-corrected chi connectivity index (χ4v) is 2.40. The number of nitrogens with one attached hydrogen (secondary N) is 1. The zero-order valence-corrected chi connectivity index (χ0v) is 12.8. The second-order valence-corrected chi connectivity index (χ2v) is 5.31. The fourth-order valence-electron chi connectivity index (χ4n) is 2.40. The van der Waals surface area contributed by atoms with Crippen molar-refractivity contribution in [3.05, 3.63) is 71.9 Å². The van der Waals surface area contributed by atoms with Crippen molar-refractivity contribution >= 4 is 22.8 Å². The Hall–Kier alpha value is -2.89. The average Bonchev–Trinajstić information content (AvgIpc) is 3.01. The first kappa shape index (κ1) is 16.0. The number of rotatable bonds is 6. The third kappa shape index (κ3) is 3.71. The molecule has 5 nitrogen and oxygen atoms in total. The van der Waals surface area contributed by atoms with Gasteiger partial charge in [-0.15, -0.1) is 0 Å². The van der Waals surface area contributed by atoms with E-state index in [2.05, 4.69) is 4.98 Å². The summed E-state index contributed by atoms with van der Waals surface area (Å²) in [5.74, 6) is 0.254. The molecule has 3 rings (SSSR count). The maximum absolute atomic E-state index is 12.3. The first-order chi connectivity index (χ1) is 11.6. The minimum absolute atomic E-state index is 0.157. The Kier molecular flexibility index (Phi) is 4.74. The number of para-hydroxylation sites is 1. The molecule has 0 unspecified atom stereocenters. The van der Waals surface area contributed by atoms with E-state index in [0.29, 0.717) is 11.3 Å². The molecule has 5 heteroatoms. The van der Waals surface area contributed by atoms with Crippen molar-refractivity contribution in [2.45, 2.75) is 6.29 Å². The maximum Gasteiger partial charge on any atom is 0.186 e. The number of aromatic nitrogens is 1. The van der Waals surface area contributed by atoms with E-state index < -0.39 is 6.29 Å². The van der Waals surface area contributed by atoms with E-state index in [0.717, 1.165) is 16.5 Å². The fraction of sp³-hybridized carbons (Fsp3) is 0.105. The number of allylic oxidation sites excluding steroid dienone is 1. The molecule has 3 aromatic rings. The predicted octanol–water partition coefficient (Wildman–Crippen LogP) is 2.75. The molecule has 0 aliphatic rings. The summed E-state index contributed by atoms with van der Waals surface area (Å²) >= 11 is 0. The number of hydrogen-bond donors (Lipinski definition) is 3. The summed E-state index contributed by atoms with van der Waals surface area (Å²) in [6, 6.07) is 14.5. The first-order valence-electron chi connectivity index (χ1n) is 7.51. The highest BCUT2D eigenvalue weighted by atomic mass is 16.5. The lowest BCUT2D eigenvalue weighted by Gasteiger charge is -2.07. The quantitative estimate of drug-likeness (QED) is 0.370. The topological polar surface area (TPSA) is 82.6 Å². The molecule has 0 aliphatic heterocycles. The summed E-state index contributed by atoms with van der Waals surface area (Å²) in [7, 11) is 0. The van der Waals surface area contributed by atoms with Gasteiger partial charge in [-0.25, -0.2) is 0 Å². The lowest BCUT2D eigenvalue weighted by atomic mass is 10.1. The molecule has 0 amide bonds. The zero-order valence-electron chi connectivity index (χ0n) is 12.8. The second kappa shape index (κ2) is 7.12. The van der Waals surface area contributed by atoms with Crippen LogP contribution in [0.2, 0.25) is 0 Å². The molecule has 2 aromatic carbocycles. The number of benzene rings is 2. The van der Waals surface area contributed by atoms with Crippen molar-refractivity contribution in [2.24, 2.45) is 0 Å². The van der Waals surface area contributed by atoms with E-state index in [1.165, 1.54) is 6.08 Å². The molecule has 0 bridgehead atoms. The summed E-state index contributed by atoms with van der Waals surface area (Å²) < 4.78 is 5.18. The Morgan fingerprint density at radius 2 is 2.00 bits per heavy atom. The number of ketones is 1. The normalized spacial score (nSPS) is 11.5. The molecule has 122 valence electrons. The maximum atomic E-state index is 12.3. The van der Waals surface area contributed by atoms with Crippen LogP contribution < -0.4 is 4.74 Å². The second-order valence-electron chi connectivity index (χ2n) is 5.31. The monoisotopic (exact) mass is 323 g/mol. The van der Waals surface area contributed by atoms with Crippen LogP contribution in [0.1, 0.15) is 15.9 Å². The van der Waals surface area contributed by atoms with Gasteiger partial charge in [0, 0.05) is 22.7 Å². The number of fused-ring (bicyclic) bond motifs is 1. The van der Waals surface area contributed by atoms with Crippen LogP contribution in [0.4, 0.5) is 0 Å². The van der Waals surface area contributed by atoms with Crippen LogP contribution in [-0.2, 0) is 0 Å². The molecule has 0 fully saturated rings. The molecule has 0 spiro atoms. The minimum atomic E-state index is -1.55. The van der Waals surface area contributed by atoms with Crippen LogP contribution in [0.15, 0.2) is 60.8 Å². The van der Waals surface area contributed by atoms with Gasteiger partial charge < -0.3 is 19.9 Å². The van der Waals surface area contributed by atoms with Crippen molar-refractivity contribution < 1.29 is 19.7 Å². The Bertz CT molecular complexity index is 880.